The molecule has 3 nitrogen and oxygen atoms in total. The first kappa shape index (κ1) is 26.0. The van der Waals surface area contributed by atoms with Gasteiger partial charge >= 0.3 is 23.9 Å². The van der Waals surface area contributed by atoms with Crippen molar-refractivity contribution in [2.24, 2.45) is 5.41 Å². The van der Waals surface area contributed by atoms with Crippen LogP contribution in [0.1, 0.15) is 20.3 Å². The largest absolute Gasteiger partial charge is 0.421 e. The third-order valence-corrected chi connectivity index (χ3v) is 9.52. The van der Waals surface area contributed by atoms with Crippen molar-refractivity contribution in [1.29, 1.82) is 0 Å². The second-order valence-corrected chi connectivity index (χ2v) is 11.4. The maximum absolute atomic E-state index is 12.9. The van der Waals surface area contributed by atoms with E-state index >= 15 is 0 Å². The monoisotopic (exact) mass is 435 g/mol. The number of nitrogens with zero attached hydrogens (tertiary/aromatic N) is 1. The Morgan fingerprint density at radius 1 is 0.963 bits per heavy atom. The number of hydrogen-bond acceptors (Lipinski definition) is 2. The van der Waals surface area contributed by atoms with Crippen molar-refractivity contribution in [2.75, 3.05) is 20.7 Å². The lowest BCUT2D eigenvalue weighted by Crippen LogP contribution is -2.67. The highest BCUT2D eigenvalue weighted by Gasteiger charge is 2.88. The van der Waals surface area contributed by atoms with Crippen LogP contribution in [0.15, 0.2) is 0 Å². The number of rotatable bonds is 7. The van der Waals surface area contributed by atoms with Gasteiger partial charge in [0.25, 0.3) is 5.91 Å². The van der Waals surface area contributed by atoms with Gasteiger partial charge in [0.2, 0.25) is 0 Å². The minimum absolute atomic E-state index is 0.0446. The zero-order chi connectivity index (χ0) is 22.1. The highest BCUT2D eigenvalue weighted by molar-refractivity contribution is 6.73. The van der Waals surface area contributed by atoms with E-state index in [4.69, 9.17) is 4.43 Å². The molecule has 0 aliphatic heterocycles. The van der Waals surface area contributed by atoms with E-state index in [1.165, 1.54) is 7.11 Å². The topological polar surface area (TPSA) is 29.5 Å². The molecule has 1 amide bonds. The Labute approximate surface area is 152 Å². The van der Waals surface area contributed by atoms with Crippen LogP contribution in [-0.4, -0.2) is 58.4 Å². The molecule has 0 bridgehead atoms. The van der Waals surface area contributed by atoms with Crippen LogP contribution >= 0.6 is 0 Å². The van der Waals surface area contributed by atoms with Crippen LogP contribution in [0.25, 0.3) is 0 Å². The molecule has 0 heterocycles. The van der Waals surface area contributed by atoms with Gasteiger partial charge in [0, 0.05) is 20.7 Å². The fourth-order valence-corrected chi connectivity index (χ4v) is 4.64. The van der Waals surface area contributed by atoms with Gasteiger partial charge in [-0.05, 0) is 24.6 Å². The average molecular weight is 435 g/mol. The van der Waals surface area contributed by atoms with Crippen molar-refractivity contribution in [1.82, 2.24) is 4.90 Å². The highest BCUT2D eigenvalue weighted by atomic mass is 28.4. The summed E-state index contributed by atoms with van der Waals surface area (Å²) in [6, 6.07) is 0.246. The number of amides is 1. The van der Waals surface area contributed by atoms with E-state index in [-0.39, 0.29) is 22.9 Å². The number of carbonyl (C=O) groups excluding carboxylic acids is 1. The van der Waals surface area contributed by atoms with E-state index < -0.39 is 44.7 Å². The molecule has 0 saturated heterocycles. The summed E-state index contributed by atoms with van der Waals surface area (Å²) in [5, 5.41) is 0. The summed E-state index contributed by atoms with van der Waals surface area (Å²) in [4.78, 5) is 11.6. The zero-order valence-corrected chi connectivity index (χ0v) is 16.4. The molecule has 0 radical (unpaired) electrons. The molecule has 27 heavy (non-hydrogen) atoms. The Balaban J connectivity index is 5.73. The lowest BCUT2D eigenvalue weighted by molar-refractivity contribution is -0.409. The van der Waals surface area contributed by atoms with E-state index in [0.717, 1.165) is 0 Å². The molecule has 0 spiro atoms. The van der Waals surface area contributed by atoms with Crippen molar-refractivity contribution in [3.8, 4) is 0 Å². The maximum atomic E-state index is 12.9. The Morgan fingerprint density at radius 2 is 1.33 bits per heavy atom. The van der Waals surface area contributed by atoms with Crippen LogP contribution in [-0.2, 0) is 9.22 Å². The molecule has 0 aromatic carbocycles. The lowest BCUT2D eigenvalue weighted by Gasteiger charge is -2.39. The molecule has 0 aromatic heterocycles. The Morgan fingerprint density at radius 3 is 1.59 bits per heavy atom. The van der Waals surface area contributed by atoms with E-state index in [0.29, 0.717) is 7.05 Å². The summed E-state index contributed by atoms with van der Waals surface area (Å²) in [5.74, 6) is -3.10. The molecule has 0 aliphatic rings. The van der Waals surface area contributed by atoms with Gasteiger partial charge in [0.15, 0.2) is 8.32 Å². The SMILES string of the molecule is CO[Si](C)(CCCN(C)C(=O)C(C(F)(F)F)(C(F)(F)F)C(F)(F)F)C(C)C. The van der Waals surface area contributed by atoms with Gasteiger partial charge in [-0.15, -0.1) is 0 Å². The average Bonchev–Trinajstić information content (AvgIpc) is 2.42. The Kier molecular flexibility index (Phi) is 7.88. The summed E-state index contributed by atoms with van der Waals surface area (Å²) in [6.07, 6.45) is -20.8. The predicted octanol–water partition coefficient (Wildman–Crippen LogP) is 5.14. The zero-order valence-electron chi connectivity index (χ0n) is 15.4. The standard InChI is InChI=1S/C14H22F9NO2Si/c1-9(2)27(5,26-4)8-6-7-24(3)10(25)11(12(15,16)17,13(18,19)20)14(21,22)23/h9H,6-8H2,1-5H3. The summed E-state index contributed by atoms with van der Waals surface area (Å²) in [5.41, 5.74) is -6.43. The van der Waals surface area contributed by atoms with Crippen molar-refractivity contribution in [2.45, 2.75) is 56.9 Å². The van der Waals surface area contributed by atoms with Gasteiger partial charge in [0.1, 0.15) is 0 Å². The fourth-order valence-electron chi connectivity index (χ4n) is 2.53. The molecule has 1 atom stereocenters. The van der Waals surface area contributed by atoms with Crippen molar-refractivity contribution in [3.05, 3.63) is 0 Å². The molecule has 13 heteroatoms. The van der Waals surface area contributed by atoms with Crippen LogP contribution in [0.5, 0.6) is 0 Å². The molecule has 0 fully saturated rings. The van der Waals surface area contributed by atoms with Crippen molar-refractivity contribution < 1.29 is 48.7 Å². The first-order valence-electron chi connectivity index (χ1n) is 7.80. The predicted molar refractivity (Wildman–Crippen MR) is 81.4 cm³/mol. The molecule has 1 unspecified atom stereocenters. The second-order valence-electron chi connectivity index (χ2n) is 6.75. The molecule has 0 saturated carbocycles. The summed E-state index contributed by atoms with van der Waals surface area (Å²) >= 11 is 0. The lowest BCUT2D eigenvalue weighted by atomic mass is 9.83. The van der Waals surface area contributed by atoms with Gasteiger partial charge in [-0.3, -0.25) is 4.79 Å². The van der Waals surface area contributed by atoms with Crippen LogP contribution in [0.3, 0.4) is 0 Å². The van der Waals surface area contributed by atoms with Crippen LogP contribution in [0, 0.1) is 5.41 Å². The van der Waals surface area contributed by atoms with E-state index in [1.54, 1.807) is 6.55 Å². The summed E-state index contributed by atoms with van der Waals surface area (Å²) < 4.78 is 122. The molecule has 0 aliphatic carbocycles. The Bertz CT molecular complexity index is 480. The first-order valence-corrected chi connectivity index (χ1v) is 10.5. The van der Waals surface area contributed by atoms with Gasteiger partial charge in [-0.1, -0.05) is 13.8 Å². The number of carbonyl (C=O) groups is 1. The van der Waals surface area contributed by atoms with Crippen LogP contribution < -0.4 is 0 Å². The van der Waals surface area contributed by atoms with Gasteiger partial charge < -0.3 is 9.33 Å². The van der Waals surface area contributed by atoms with E-state index in [1.807, 2.05) is 13.8 Å². The van der Waals surface area contributed by atoms with Crippen LogP contribution in [0.2, 0.25) is 18.1 Å². The smallest absolute Gasteiger partial charge is 0.420 e. The first-order chi connectivity index (χ1) is 11.8. The molecule has 0 N–H and O–H groups in total. The van der Waals surface area contributed by atoms with Gasteiger partial charge in [-0.25, -0.2) is 0 Å². The number of halogens is 9. The maximum Gasteiger partial charge on any atom is 0.421 e. The third-order valence-electron chi connectivity index (χ3n) is 4.80. The van der Waals surface area contributed by atoms with Gasteiger partial charge in [-0.2, -0.15) is 39.5 Å². The molecule has 0 aromatic rings. The number of hydrogen-bond donors (Lipinski definition) is 0. The van der Waals surface area contributed by atoms with E-state index in [9.17, 15) is 44.3 Å². The van der Waals surface area contributed by atoms with Gasteiger partial charge in [0.05, 0.1) is 0 Å². The Hall–Kier alpha value is -0.983. The minimum atomic E-state index is -6.90. The highest BCUT2D eigenvalue weighted by Crippen LogP contribution is 2.60. The molecule has 0 rings (SSSR count). The molecule has 162 valence electrons. The third kappa shape index (κ3) is 4.90. The molecular formula is C14H22F9NO2Si. The van der Waals surface area contributed by atoms with Crippen LogP contribution in [0.4, 0.5) is 39.5 Å². The fraction of sp³-hybridized carbons (Fsp3) is 0.929. The quantitative estimate of drug-likeness (QED) is 0.409. The molecular weight excluding hydrogens is 413 g/mol. The second kappa shape index (κ2) is 8.17. The minimum Gasteiger partial charge on any atom is -0.420 e. The van der Waals surface area contributed by atoms with E-state index in [2.05, 4.69) is 0 Å². The normalized spacial score (nSPS) is 16.4. The van der Waals surface area contributed by atoms with Crippen molar-refractivity contribution in [3.63, 3.8) is 0 Å². The summed E-state index contributed by atoms with van der Waals surface area (Å²) in [7, 11) is -0.469. The summed E-state index contributed by atoms with van der Waals surface area (Å²) in [6.45, 7) is 4.69. The van der Waals surface area contributed by atoms with Crippen molar-refractivity contribution >= 4 is 14.2 Å². The number of alkyl halides is 9.